The molecule has 1 aromatic carbocycles. The molecule has 46 heavy (non-hydrogen) atoms. The Balaban J connectivity index is 1.53. The Hall–Kier alpha value is -3.49. The topological polar surface area (TPSA) is 72.2 Å². The maximum atomic E-state index is 11.9. The molecule has 3 aliphatic heterocycles. The molecule has 0 bridgehead atoms. The molecule has 0 radical (unpaired) electrons. The third-order valence-electron chi connectivity index (χ3n) is 10.1. The molecule has 8 nitrogen and oxygen atoms in total. The number of ether oxygens (including phenoxy) is 2. The number of benzene rings is 1. The maximum Gasteiger partial charge on any atom is 0.302 e. The Morgan fingerprint density at radius 2 is 2.00 bits per heavy atom. The van der Waals surface area contributed by atoms with E-state index in [2.05, 4.69) is 83.6 Å². The van der Waals surface area contributed by atoms with Crippen LogP contribution in [0.4, 0.5) is 5.69 Å². The number of allylic oxidation sites excluding steroid dienone is 1. The summed E-state index contributed by atoms with van der Waals surface area (Å²) >= 11 is 0. The first-order valence-electron chi connectivity index (χ1n) is 17.2. The molecular formula is C38H51N5O3. The van der Waals surface area contributed by atoms with Crippen LogP contribution in [0.25, 0.3) is 27.7 Å². The lowest BCUT2D eigenvalue weighted by atomic mass is 9.84. The molecule has 2 aromatic heterocycles. The minimum absolute atomic E-state index is 0.176. The third kappa shape index (κ3) is 6.65. The number of nitrogens with zero attached hydrogens (tertiary/aromatic N) is 5. The highest BCUT2D eigenvalue weighted by atomic mass is 16.5. The fourth-order valence-corrected chi connectivity index (χ4v) is 7.62. The second-order valence-electron chi connectivity index (χ2n) is 14.0. The molecule has 0 saturated carbocycles. The van der Waals surface area contributed by atoms with Gasteiger partial charge in [0.05, 0.1) is 42.5 Å². The van der Waals surface area contributed by atoms with Gasteiger partial charge >= 0.3 is 5.97 Å². The monoisotopic (exact) mass is 625 g/mol. The molecule has 2 saturated heterocycles. The van der Waals surface area contributed by atoms with Crippen LogP contribution in [0.1, 0.15) is 83.2 Å². The fraction of sp³-hybridized carbons (Fsp3) is 0.553. The number of carbonyl (C=O) groups excluding carboxylic acids is 1. The molecule has 0 aliphatic carbocycles. The summed E-state index contributed by atoms with van der Waals surface area (Å²) in [5.74, 6) is -0.248. The van der Waals surface area contributed by atoms with Crippen molar-refractivity contribution in [3.05, 3.63) is 53.4 Å². The quantitative estimate of drug-likeness (QED) is 0.224. The minimum Gasteiger partial charge on any atom is -0.465 e. The number of aliphatic imine (C=N–C) groups is 1. The Bertz CT molecular complexity index is 1640. The van der Waals surface area contributed by atoms with E-state index in [0.717, 1.165) is 50.3 Å². The van der Waals surface area contributed by atoms with Crippen molar-refractivity contribution in [1.29, 1.82) is 0 Å². The van der Waals surface area contributed by atoms with Crippen molar-refractivity contribution < 1.29 is 14.3 Å². The summed E-state index contributed by atoms with van der Waals surface area (Å²) in [4.78, 5) is 26.8. The van der Waals surface area contributed by atoms with Crippen LogP contribution in [0.5, 0.6) is 0 Å². The molecule has 0 amide bonds. The molecule has 3 aliphatic rings. The number of fused-ring (bicyclic) bond motifs is 2. The van der Waals surface area contributed by atoms with Gasteiger partial charge in [-0.3, -0.25) is 19.7 Å². The van der Waals surface area contributed by atoms with Crippen molar-refractivity contribution in [2.45, 2.75) is 85.4 Å². The lowest BCUT2D eigenvalue weighted by Gasteiger charge is -2.45. The number of pyridine rings is 1. The maximum absolute atomic E-state index is 11.9. The van der Waals surface area contributed by atoms with Gasteiger partial charge in [-0.2, -0.15) is 0 Å². The molecule has 0 unspecified atom stereocenters. The molecule has 2 fully saturated rings. The first-order valence-corrected chi connectivity index (χ1v) is 17.2. The van der Waals surface area contributed by atoms with Crippen LogP contribution in [0.3, 0.4) is 0 Å². The van der Waals surface area contributed by atoms with E-state index in [1.807, 2.05) is 6.21 Å². The Morgan fingerprint density at radius 1 is 1.15 bits per heavy atom. The Morgan fingerprint density at radius 3 is 2.74 bits per heavy atom. The number of methoxy groups -OCH3 is 1. The number of dihydropyridines is 1. The zero-order chi connectivity index (χ0) is 32.4. The van der Waals surface area contributed by atoms with Crippen LogP contribution in [-0.2, 0) is 27.2 Å². The van der Waals surface area contributed by atoms with E-state index < -0.39 is 0 Å². The first kappa shape index (κ1) is 32.5. The molecule has 2 atom stereocenters. The van der Waals surface area contributed by atoms with Gasteiger partial charge in [-0.25, -0.2) is 0 Å². The molecule has 3 aromatic rings. The van der Waals surface area contributed by atoms with Crippen LogP contribution in [0.15, 0.2) is 41.5 Å². The van der Waals surface area contributed by atoms with Gasteiger partial charge in [0.2, 0.25) is 0 Å². The predicted octanol–water partition coefficient (Wildman–Crippen LogP) is 7.09. The van der Waals surface area contributed by atoms with Gasteiger partial charge in [-0.15, -0.1) is 0 Å². The van der Waals surface area contributed by atoms with Gasteiger partial charge in [0, 0.05) is 80.8 Å². The molecule has 5 heterocycles. The zero-order valence-electron chi connectivity index (χ0n) is 28.6. The number of aromatic nitrogens is 2. The summed E-state index contributed by atoms with van der Waals surface area (Å²) < 4.78 is 14.0. The molecule has 0 spiro atoms. The minimum atomic E-state index is -0.285. The average molecular weight is 626 g/mol. The summed E-state index contributed by atoms with van der Waals surface area (Å²) in [5, 5.41) is 1.23. The molecular weight excluding hydrogens is 574 g/mol. The van der Waals surface area contributed by atoms with Gasteiger partial charge in [0.25, 0.3) is 0 Å². The number of carbonyl (C=O) groups is 1. The van der Waals surface area contributed by atoms with Crippen molar-refractivity contribution in [1.82, 2.24) is 14.5 Å². The predicted molar refractivity (Wildman–Crippen MR) is 188 cm³/mol. The van der Waals surface area contributed by atoms with E-state index in [-0.39, 0.29) is 17.5 Å². The van der Waals surface area contributed by atoms with E-state index >= 15 is 0 Å². The smallest absolute Gasteiger partial charge is 0.302 e. The molecule has 0 N–H and O–H groups in total. The lowest BCUT2D eigenvalue weighted by Crippen LogP contribution is -2.54. The molecule has 6 rings (SSSR count). The molecule has 8 heteroatoms. The van der Waals surface area contributed by atoms with E-state index in [0.29, 0.717) is 19.2 Å². The number of piperazine rings is 1. The second-order valence-corrected chi connectivity index (χ2v) is 14.0. The lowest BCUT2D eigenvalue weighted by molar-refractivity contribution is -0.143. The van der Waals surface area contributed by atoms with Crippen LogP contribution in [0.2, 0.25) is 0 Å². The number of esters is 1. The van der Waals surface area contributed by atoms with Crippen LogP contribution in [0, 0.1) is 5.41 Å². The highest BCUT2D eigenvalue weighted by molar-refractivity contribution is 5.95. The Labute approximate surface area is 274 Å². The molecule has 246 valence electrons. The second kappa shape index (κ2) is 13.7. The van der Waals surface area contributed by atoms with Crippen molar-refractivity contribution in [2.24, 2.45) is 10.4 Å². The number of hydrogen-bond acceptors (Lipinski definition) is 7. The van der Waals surface area contributed by atoms with Crippen LogP contribution < -0.4 is 4.90 Å². The summed E-state index contributed by atoms with van der Waals surface area (Å²) in [6.07, 6.45) is 11.7. The van der Waals surface area contributed by atoms with Gasteiger partial charge < -0.3 is 18.9 Å². The summed E-state index contributed by atoms with van der Waals surface area (Å²) in [6, 6.07) is 9.86. The van der Waals surface area contributed by atoms with Gasteiger partial charge in [-0.05, 0) is 74.6 Å². The highest BCUT2D eigenvalue weighted by Crippen LogP contribution is 2.43. The zero-order valence-corrected chi connectivity index (χ0v) is 28.6. The fourth-order valence-electron chi connectivity index (χ4n) is 7.62. The summed E-state index contributed by atoms with van der Waals surface area (Å²) in [5.41, 5.74) is 9.09. The van der Waals surface area contributed by atoms with Crippen molar-refractivity contribution in [3.63, 3.8) is 0 Å². The standard InChI is InChI=1S/C38H51N5O3/c1-7-43-35-14-13-28(29-11-10-15-39-22-29)19-32(35)34(21-38(4,5)25-46-27(3)44)37(43)33-20-31(23-40-36(33)26(2)45-6)42-18-17-41-16-9-8-12-30(41)24-42/h11,13-15,19-20,23,26,30H,7-10,12,16-18,21-22,24-25H2,1-6H3/t26-,30+/m0/s1. The summed E-state index contributed by atoms with van der Waals surface area (Å²) in [7, 11) is 1.76. The highest BCUT2D eigenvalue weighted by Gasteiger charge is 2.32. The van der Waals surface area contributed by atoms with Crippen molar-refractivity contribution in [2.75, 3.05) is 51.3 Å². The van der Waals surface area contributed by atoms with Crippen LogP contribution in [-0.4, -0.2) is 79.1 Å². The summed E-state index contributed by atoms with van der Waals surface area (Å²) in [6.45, 7) is 16.4. The third-order valence-corrected chi connectivity index (χ3v) is 10.1. The Kier molecular flexibility index (Phi) is 9.67. The van der Waals surface area contributed by atoms with E-state index in [1.54, 1.807) is 7.11 Å². The largest absolute Gasteiger partial charge is 0.465 e. The number of hydrogen-bond donors (Lipinski definition) is 0. The normalized spacial score (nSPS) is 19.7. The van der Waals surface area contributed by atoms with Gasteiger partial charge in [0.15, 0.2) is 0 Å². The first-order chi connectivity index (χ1) is 22.2. The SMILES string of the molecule is CCn1c(-c2cc(N3CCN4CCCC[C@@H]4C3)cnc2[C@H](C)OC)c(CC(C)(C)COC(C)=O)c2cc(C3=CCC=NC3)ccc21. The van der Waals surface area contributed by atoms with Crippen molar-refractivity contribution in [3.8, 4) is 11.3 Å². The average Bonchev–Trinajstić information content (AvgIpc) is 3.38. The van der Waals surface area contributed by atoms with E-state index in [9.17, 15) is 4.79 Å². The van der Waals surface area contributed by atoms with Gasteiger partial charge in [0.1, 0.15) is 0 Å². The van der Waals surface area contributed by atoms with E-state index in [4.69, 9.17) is 14.5 Å². The number of anilines is 1. The van der Waals surface area contributed by atoms with Crippen LogP contribution >= 0.6 is 0 Å². The number of aryl methyl sites for hydroxylation is 1. The van der Waals surface area contributed by atoms with Crippen molar-refractivity contribution >= 4 is 34.3 Å². The van der Waals surface area contributed by atoms with Gasteiger partial charge in [-0.1, -0.05) is 32.4 Å². The number of piperidine rings is 1. The number of rotatable bonds is 10. The van der Waals surface area contributed by atoms with E-state index in [1.165, 1.54) is 71.7 Å².